The first-order valence-corrected chi connectivity index (χ1v) is 8.93. The van der Waals surface area contributed by atoms with Gasteiger partial charge in [0.05, 0.1) is 11.3 Å². The van der Waals surface area contributed by atoms with Crippen LogP contribution >= 0.6 is 11.3 Å². The number of hydrogen-bond acceptors (Lipinski definition) is 4. The molecule has 1 amide bonds. The van der Waals surface area contributed by atoms with E-state index in [0.717, 1.165) is 23.2 Å². The molecular weight excluding hydrogens is 377 g/mol. The monoisotopic (exact) mass is 394 g/mol. The second-order valence-corrected chi connectivity index (χ2v) is 7.16. The normalized spacial score (nSPS) is 11.6. The van der Waals surface area contributed by atoms with E-state index in [1.807, 2.05) is 6.92 Å². The Kier molecular flexibility index (Phi) is 5.10. The SMILES string of the molecule is Cc1ccc(-c2nc(C)c(C(=O)N(C)Cc3ccccc3C(F)(F)F)s2)o1. The van der Waals surface area contributed by atoms with E-state index in [-0.39, 0.29) is 18.0 Å². The lowest BCUT2D eigenvalue weighted by Crippen LogP contribution is -2.27. The molecule has 0 bridgehead atoms. The maximum atomic E-state index is 13.2. The van der Waals surface area contributed by atoms with Gasteiger partial charge in [-0.1, -0.05) is 18.2 Å². The molecule has 27 heavy (non-hydrogen) atoms. The van der Waals surface area contributed by atoms with Crippen LogP contribution in [0.4, 0.5) is 13.2 Å². The van der Waals surface area contributed by atoms with Crippen LogP contribution in [-0.2, 0) is 12.7 Å². The Hall–Kier alpha value is -2.61. The standard InChI is InChI=1S/C19H17F3N2O2S/c1-11-8-9-15(26-11)17-23-12(2)16(27-17)18(25)24(3)10-13-6-4-5-7-14(13)19(20,21)22/h4-9H,10H2,1-3H3. The zero-order valence-electron chi connectivity index (χ0n) is 14.9. The van der Waals surface area contributed by atoms with Crippen LogP contribution < -0.4 is 0 Å². The van der Waals surface area contributed by atoms with E-state index in [9.17, 15) is 18.0 Å². The number of carbonyl (C=O) groups excluding carboxylic acids is 1. The number of halogens is 3. The number of rotatable bonds is 4. The quantitative estimate of drug-likeness (QED) is 0.602. The van der Waals surface area contributed by atoms with Crippen molar-refractivity contribution in [1.29, 1.82) is 0 Å². The van der Waals surface area contributed by atoms with Crippen molar-refractivity contribution < 1.29 is 22.4 Å². The van der Waals surface area contributed by atoms with Crippen molar-refractivity contribution in [2.75, 3.05) is 7.05 Å². The first-order chi connectivity index (χ1) is 12.7. The number of thiazole rings is 1. The highest BCUT2D eigenvalue weighted by Crippen LogP contribution is 2.33. The van der Waals surface area contributed by atoms with Crippen LogP contribution in [0.15, 0.2) is 40.8 Å². The molecule has 0 saturated carbocycles. The van der Waals surface area contributed by atoms with Gasteiger partial charge in [-0.2, -0.15) is 13.2 Å². The molecule has 0 aliphatic rings. The highest BCUT2D eigenvalue weighted by atomic mass is 32.1. The van der Waals surface area contributed by atoms with E-state index in [4.69, 9.17) is 4.42 Å². The molecule has 4 nitrogen and oxygen atoms in total. The molecule has 0 unspecified atom stereocenters. The van der Waals surface area contributed by atoms with Gasteiger partial charge in [0.15, 0.2) is 10.8 Å². The van der Waals surface area contributed by atoms with Crippen molar-refractivity contribution >= 4 is 17.2 Å². The van der Waals surface area contributed by atoms with Crippen LogP contribution in [0.2, 0.25) is 0 Å². The average molecular weight is 394 g/mol. The van der Waals surface area contributed by atoms with Crippen molar-refractivity contribution in [2.24, 2.45) is 0 Å². The van der Waals surface area contributed by atoms with Gasteiger partial charge in [-0.15, -0.1) is 11.3 Å². The summed E-state index contributed by atoms with van der Waals surface area (Å²) >= 11 is 1.16. The third-order valence-electron chi connectivity index (χ3n) is 4.02. The minimum Gasteiger partial charge on any atom is -0.459 e. The van der Waals surface area contributed by atoms with Gasteiger partial charge < -0.3 is 9.32 Å². The lowest BCUT2D eigenvalue weighted by Gasteiger charge is -2.19. The fraction of sp³-hybridized carbons (Fsp3) is 0.263. The van der Waals surface area contributed by atoms with E-state index in [2.05, 4.69) is 4.98 Å². The molecule has 2 heterocycles. The summed E-state index contributed by atoms with van der Waals surface area (Å²) in [4.78, 5) is 18.8. The molecule has 0 aliphatic carbocycles. The number of amides is 1. The minimum atomic E-state index is -4.47. The Morgan fingerprint density at radius 1 is 1.19 bits per heavy atom. The van der Waals surface area contributed by atoms with E-state index in [1.165, 1.54) is 30.1 Å². The Labute approximate surface area is 158 Å². The molecule has 0 N–H and O–H groups in total. The molecule has 0 radical (unpaired) electrons. The van der Waals surface area contributed by atoms with Crippen LogP contribution in [-0.4, -0.2) is 22.8 Å². The largest absolute Gasteiger partial charge is 0.459 e. The van der Waals surface area contributed by atoms with Crippen molar-refractivity contribution in [3.63, 3.8) is 0 Å². The molecule has 8 heteroatoms. The number of aromatic nitrogens is 1. The molecule has 0 saturated heterocycles. The predicted molar refractivity (Wildman–Crippen MR) is 96.5 cm³/mol. The first kappa shape index (κ1) is 19.2. The van der Waals surface area contributed by atoms with Crippen molar-refractivity contribution in [3.05, 3.63) is 63.9 Å². The Balaban J connectivity index is 1.84. The second kappa shape index (κ2) is 7.19. The van der Waals surface area contributed by atoms with Gasteiger partial charge in [-0.25, -0.2) is 4.98 Å². The highest BCUT2D eigenvalue weighted by molar-refractivity contribution is 7.17. The first-order valence-electron chi connectivity index (χ1n) is 8.11. The van der Waals surface area contributed by atoms with Gasteiger partial charge >= 0.3 is 6.18 Å². The number of benzene rings is 1. The van der Waals surface area contributed by atoms with Gasteiger partial charge in [0.25, 0.3) is 5.91 Å². The summed E-state index contributed by atoms with van der Waals surface area (Å²) in [5, 5.41) is 0.563. The summed E-state index contributed by atoms with van der Waals surface area (Å²) < 4.78 is 45.0. The van der Waals surface area contributed by atoms with E-state index in [1.54, 1.807) is 19.1 Å². The number of aryl methyl sites for hydroxylation is 2. The predicted octanol–water partition coefficient (Wildman–Crippen LogP) is 5.31. The third-order valence-corrected chi connectivity index (χ3v) is 5.18. The molecule has 142 valence electrons. The van der Waals surface area contributed by atoms with E-state index < -0.39 is 11.7 Å². The van der Waals surface area contributed by atoms with Crippen molar-refractivity contribution in [1.82, 2.24) is 9.88 Å². The van der Waals surface area contributed by atoms with Crippen LogP contribution in [0.3, 0.4) is 0 Å². The van der Waals surface area contributed by atoms with E-state index >= 15 is 0 Å². The smallest absolute Gasteiger partial charge is 0.416 e. The van der Waals surface area contributed by atoms with Gasteiger partial charge in [0.1, 0.15) is 10.6 Å². The maximum absolute atomic E-state index is 13.2. The zero-order chi connectivity index (χ0) is 19.8. The molecular formula is C19H17F3N2O2S. The number of nitrogens with zero attached hydrogens (tertiary/aromatic N) is 2. The fourth-order valence-corrected chi connectivity index (χ4v) is 3.71. The van der Waals surface area contributed by atoms with Crippen molar-refractivity contribution in [3.8, 4) is 10.8 Å². The second-order valence-electron chi connectivity index (χ2n) is 6.16. The van der Waals surface area contributed by atoms with Crippen LogP contribution in [0.1, 0.15) is 32.3 Å². The summed E-state index contributed by atoms with van der Waals surface area (Å²) in [6.45, 7) is 3.35. The van der Waals surface area contributed by atoms with Gasteiger partial charge in [0, 0.05) is 13.6 Å². The summed E-state index contributed by atoms with van der Waals surface area (Å²) in [7, 11) is 1.48. The Morgan fingerprint density at radius 3 is 2.52 bits per heavy atom. The molecule has 2 aromatic heterocycles. The Morgan fingerprint density at radius 2 is 1.89 bits per heavy atom. The number of alkyl halides is 3. The minimum absolute atomic E-state index is 0.0462. The highest BCUT2D eigenvalue weighted by Gasteiger charge is 2.33. The average Bonchev–Trinajstić information content (AvgIpc) is 3.19. The van der Waals surface area contributed by atoms with Crippen LogP contribution in [0, 0.1) is 13.8 Å². The molecule has 3 aromatic rings. The summed E-state index contributed by atoms with van der Waals surface area (Å²) in [6, 6.07) is 8.82. The Bertz CT molecular complexity index is 975. The van der Waals surface area contributed by atoms with Gasteiger partial charge in [0.2, 0.25) is 0 Å². The molecule has 1 aromatic carbocycles. The number of furan rings is 1. The van der Waals surface area contributed by atoms with Crippen LogP contribution in [0.5, 0.6) is 0 Å². The van der Waals surface area contributed by atoms with Crippen LogP contribution in [0.25, 0.3) is 10.8 Å². The van der Waals surface area contributed by atoms with Gasteiger partial charge in [-0.3, -0.25) is 4.79 Å². The lowest BCUT2D eigenvalue weighted by atomic mass is 10.1. The molecule has 0 aliphatic heterocycles. The summed E-state index contributed by atoms with van der Waals surface area (Å²) in [6.07, 6.45) is -4.47. The maximum Gasteiger partial charge on any atom is 0.416 e. The topological polar surface area (TPSA) is 46.3 Å². The zero-order valence-corrected chi connectivity index (χ0v) is 15.7. The fourth-order valence-electron chi connectivity index (χ4n) is 2.69. The molecule has 0 fully saturated rings. The van der Waals surface area contributed by atoms with Crippen molar-refractivity contribution in [2.45, 2.75) is 26.6 Å². The number of carbonyl (C=O) groups is 1. The lowest BCUT2D eigenvalue weighted by molar-refractivity contribution is -0.138. The summed E-state index contributed by atoms with van der Waals surface area (Å²) in [5.41, 5.74) is -0.174. The summed E-state index contributed by atoms with van der Waals surface area (Å²) in [5.74, 6) is 0.910. The van der Waals surface area contributed by atoms with E-state index in [0.29, 0.717) is 21.3 Å². The number of hydrogen-bond donors (Lipinski definition) is 0. The molecule has 0 spiro atoms. The van der Waals surface area contributed by atoms with Gasteiger partial charge in [-0.05, 0) is 37.6 Å². The molecule has 0 atom stereocenters. The molecule has 3 rings (SSSR count). The third kappa shape index (κ3) is 4.05.